The number of amides is 2. The van der Waals surface area contributed by atoms with Gasteiger partial charge in [0.05, 0.1) is 16.0 Å². The maximum Gasteiger partial charge on any atom is 0.276 e. The summed E-state index contributed by atoms with van der Waals surface area (Å²) in [4.78, 5) is 28.0. The van der Waals surface area contributed by atoms with E-state index in [1.54, 1.807) is 12.1 Å². The summed E-state index contributed by atoms with van der Waals surface area (Å²) in [5.41, 5.74) is 3.84. The Morgan fingerprint density at radius 2 is 1.63 bits per heavy atom. The summed E-state index contributed by atoms with van der Waals surface area (Å²) in [7, 11) is 0. The van der Waals surface area contributed by atoms with Crippen molar-refractivity contribution in [1.29, 1.82) is 0 Å². The van der Waals surface area contributed by atoms with E-state index in [9.17, 15) is 9.59 Å². The van der Waals surface area contributed by atoms with Gasteiger partial charge in [-0.05, 0) is 47.3 Å². The Labute approximate surface area is 178 Å². The molecule has 6 heteroatoms. The van der Waals surface area contributed by atoms with Gasteiger partial charge in [-0.15, -0.1) is 0 Å². The monoisotopic (exact) mass is 413 g/mol. The molecule has 0 unspecified atom stereocenters. The van der Waals surface area contributed by atoms with Crippen molar-refractivity contribution in [2.24, 2.45) is 0 Å². The van der Waals surface area contributed by atoms with E-state index >= 15 is 0 Å². The molecule has 30 heavy (non-hydrogen) atoms. The summed E-state index contributed by atoms with van der Waals surface area (Å²) in [6.07, 6.45) is 0.835. The van der Waals surface area contributed by atoms with Crippen molar-refractivity contribution in [3.63, 3.8) is 0 Å². The standard InChI is InChI=1S/C24H19N3O2S/c28-23(22-19-10-4-6-12-21(19)30-26-22)25-20-11-5-3-9-18(20)24(29)27-14-13-16-7-1-2-8-17(16)15-27/h1-12H,13-15H2,(H,25,28). The highest BCUT2D eigenvalue weighted by Crippen LogP contribution is 2.26. The first-order valence-electron chi connectivity index (χ1n) is 9.81. The van der Waals surface area contributed by atoms with Gasteiger partial charge in [0, 0.05) is 18.5 Å². The fourth-order valence-electron chi connectivity index (χ4n) is 3.85. The van der Waals surface area contributed by atoms with Gasteiger partial charge in [0.25, 0.3) is 11.8 Å². The van der Waals surface area contributed by atoms with E-state index in [0.717, 1.165) is 16.5 Å². The molecular formula is C24H19N3O2S. The zero-order chi connectivity index (χ0) is 20.5. The minimum absolute atomic E-state index is 0.0801. The number of para-hydroxylation sites is 1. The average molecular weight is 414 g/mol. The van der Waals surface area contributed by atoms with Crippen LogP contribution in [0.3, 0.4) is 0 Å². The van der Waals surface area contributed by atoms with Gasteiger partial charge in [-0.2, -0.15) is 4.37 Å². The highest BCUT2D eigenvalue weighted by molar-refractivity contribution is 7.13. The molecule has 0 bridgehead atoms. The topological polar surface area (TPSA) is 62.3 Å². The third-order valence-corrected chi connectivity index (χ3v) is 6.24. The van der Waals surface area contributed by atoms with Gasteiger partial charge in [-0.3, -0.25) is 9.59 Å². The maximum absolute atomic E-state index is 13.3. The summed E-state index contributed by atoms with van der Waals surface area (Å²) in [6.45, 7) is 1.24. The van der Waals surface area contributed by atoms with Crippen molar-refractivity contribution in [3.8, 4) is 0 Å². The quantitative estimate of drug-likeness (QED) is 0.527. The van der Waals surface area contributed by atoms with E-state index in [4.69, 9.17) is 0 Å². The predicted molar refractivity (Wildman–Crippen MR) is 119 cm³/mol. The Morgan fingerprint density at radius 3 is 2.53 bits per heavy atom. The third kappa shape index (κ3) is 3.35. The number of hydrogen-bond acceptors (Lipinski definition) is 4. The van der Waals surface area contributed by atoms with Crippen LogP contribution in [0.4, 0.5) is 5.69 Å². The van der Waals surface area contributed by atoms with Gasteiger partial charge >= 0.3 is 0 Å². The summed E-state index contributed by atoms with van der Waals surface area (Å²) < 4.78 is 5.27. The number of aromatic nitrogens is 1. The Kier molecular flexibility index (Phi) is 4.77. The summed E-state index contributed by atoms with van der Waals surface area (Å²) >= 11 is 1.29. The van der Waals surface area contributed by atoms with E-state index in [1.807, 2.05) is 53.4 Å². The molecule has 0 radical (unpaired) electrons. The highest BCUT2D eigenvalue weighted by Gasteiger charge is 2.24. The van der Waals surface area contributed by atoms with Crippen LogP contribution >= 0.6 is 11.5 Å². The number of anilines is 1. The van der Waals surface area contributed by atoms with Crippen LogP contribution in [0.15, 0.2) is 72.8 Å². The average Bonchev–Trinajstić information content (AvgIpc) is 3.23. The van der Waals surface area contributed by atoms with Crippen LogP contribution in [0.2, 0.25) is 0 Å². The normalized spacial score (nSPS) is 13.1. The Hall–Kier alpha value is -3.51. The van der Waals surface area contributed by atoms with Gasteiger partial charge in [0.15, 0.2) is 0 Å². The lowest BCUT2D eigenvalue weighted by Crippen LogP contribution is -2.36. The lowest BCUT2D eigenvalue weighted by molar-refractivity contribution is 0.0736. The molecular weight excluding hydrogens is 394 g/mol. The minimum atomic E-state index is -0.309. The SMILES string of the molecule is O=C(Nc1ccccc1C(=O)N1CCc2ccccc2C1)c1nsc2ccccc12. The Morgan fingerprint density at radius 1 is 0.900 bits per heavy atom. The van der Waals surface area contributed by atoms with E-state index in [-0.39, 0.29) is 11.8 Å². The fourth-order valence-corrected chi connectivity index (χ4v) is 4.62. The van der Waals surface area contributed by atoms with Gasteiger partial charge in [-0.25, -0.2) is 0 Å². The smallest absolute Gasteiger partial charge is 0.276 e. The molecule has 0 saturated heterocycles. The number of carbonyl (C=O) groups is 2. The molecule has 0 spiro atoms. The van der Waals surface area contributed by atoms with E-state index in [1.165, 1.54) is 22.7 Å². The molecule has 1 aliphatic rings. The maximum atomic E-state index is 13.3. The van der Waals surface area contributed by atoms with Crippen molar-refractivity contribution < 1.29 is 9.59 Å². The molecule has 5 rings (SSSR count). The van der Waals surface area contributed by atoms with Crippen molar-refractivity contribution in [2.75, 3.05) is 11.9 Å². The van der Waals surface area contributed by atoms with Gasteiger partial charge in [0.1, 0.15) is 5.69 Å². The summed E-state index contributed by atoms with van der Waals surface area (Å²) in [6, 6.07) is 23.0. The van der Waals surface area contributed by atoms with Crippen LogP contribution < -0.4 is 5.32 Å². The zero-order valence-electron chi connectivity index (χ0n) is 16.2. The van der Waals surface area contributed by atoms with E-state index < -0.39 is 0 Å². The van der Waals surface area contributed by atoms with Gasteiger partial charge in [-0.1, -0.05) is 54.6 Å². The lowest BCUT2D eigenvalue weighted by atomic mass is 9.99. The highest BCUT2D eigenvalue weighted by atomic mass is 32.1. The molecule has 0 fully saturated rings. The van der Waals surface area contributed by atoms with Crippen LogP contribution in [-0.4, -0.2) is 27.6 Å². The molecule has 0 saturated carbocycles. The summed E-state index contributed by atoms with van der Waals surface area (Å²) in [5.74, 6) is -0.389. The number of nitrogens with zero attached hydrogens (tertiary/aromatic N) is 2. The molecule has 1 aromatic heterocycles. The second kappa shape index (κ2) is 7.72. The number of carbonyl (C=O) groups excluding carboxylic acids is 2. The number of rotatable bonds is 3. The number of hydrogen-bond donors (Lipinski definition) is 1. The minimum Gasteiger partial charge on any atom is -0.334 e. The van der Waals surface area contributed by atoms with Gasteiger partial charge < -0.3 is 10.2 Å². The first-order chi connectivity index (χ1) is 14.7. The van der Waals surface area contributed by atoms with Crippen LogP contribution in [0.25, 0.3) is 10.1 Å². The van der Waals surface area contributed by atoms with Crippen LogP contribution in [0.1, 0.15) is 32.0 Å². The van der Waals surface area contributed by atoms with Crippen molar-refractivity contribution in [1.82, 2.24) is 9.27 Å². The third-order valence-electron chi connectivity index (χ3n) is 5.42. The molecule has 5 nitrogen and oxygen atoms in total. The Balaban J connectivity index is 1.40. The molecule has 148 valence electrons. The summed E-state index contributed by atoms with van der Waals surface area (Å²) in [5, 5.41) is 3.72. The number of nitrogens with one attached hydrogen (secondary N) is 1. The number of benzene rings is 3. The van der Waals surface area contributed by atoms with E-state index in [2.05, 4.69) is 21.8 Å². The predicted octanol–water partition coefficient (Wildman–Crippen LogP) is 4.75. The van der Waals surface area contributed by atoms with E-state index in [0.29, 0.717) is 30.0 Å². The first-order valence-corrected chi connectivity index (χ1v) is 10.6. The molecule has 4 aromatic rings. The van der Waals surface area contributed by atoms with Crippen LogP contribution in [0.5, 0.6) is 0 Å². The van der Waals surface area contributed by atoms with Crippen molar-refractivity contribution >= 4 is 39.1 Å². The zero-order valence-corrected chi connectivity index (χ0v) is 17.0. The molecule has 1 aliphatic heterocycles. The second-order valence-electron chi connectivity index (χ2n) is 7.27. The fraction of sp³-hybridized carbons (Fsp3) is 0.125. The molecule has 0 aliphatic carbocycles. The Bertz CT molecular complexity index is 1260. The molecule has 2 heterocycles. The second-order valence-corrected chi connectivity index (χ2v) is 8.08. The molecule has 2 amide bonds. The molecule has 1 N–H and O–H groups in total. The molecule has 0 atom stereocenters. The first kappa shape index (κ1) is 18.5. The molecule has 3 aromatic carbocycles. The van der Waals surface area contributed by atoms with Crippen LogP contribution in [-0.2, 0) is 13.0 Å². The number of fused-ring (bicyclic) bond motifs is 2. The van der Waals surface area contributed by atoms with Crippen molar-refractivity contribution in [3.05, 3.63) is 95.2 Å². The largest absolute Gasteiger partial charge is 0.334 e. The van der Waals surface area contributed by atoms with Crippen molar-refractivity contribution in [2.45, 2.75) is 13.0 Å². The van der Waals surface area contributed by atoms with Gasteiger partial charge in [0.2, 0.25) is 0 Å². The van der Waals surface area contributed by atoms with Crippen LogP contribution in [0, 0.1) is 0 Å². The lowest BCUT2D eigenvalue weighted by Gasteiger charge is -2.29.